The molecular formula is C14H10N2O4S. The van der Waals surface area contributed by atoms with E-state index in [2.05, 4.69) is 4.72 Å². The molecule has 0 aliphatic rings. The molecule has 0 unspecified atom stereocenters. The van der Waals surface area contributed by atoms with Crippen LogP contribution >= 0.6 is 0 Å². The fourth-order valence-corrected chi connectivity index (χ4v) is 2.66. The molecule has 106 valence electrons. The summed E-state index contributed by atoms with van der Waals surface area (Å²) in [6, 6.07) is 12.7. The molecule has 0 fully saturated rings. The van der Waals surface area contributed by atoms with E-state index in [1.54, 1.807) is 0 Å². The molecule has 2 aromatic rings. The first-order chi connectivity index (χ1) is 9.92. The predicted molar refractivity (Wildman–Crippen MR) is 75.4 cm³/mol. The van der Waals surface area contributed by atoms with Crippen molar-refractivity contribution in [3.05, 3.63) is 59.7 Å². The number of benzene rings is 2. The van der Waals surface area contributed by atoms with Crippen LogP contribution in [-0.4, -0.2) is 19.5 Å². The number of anilines is 1. The summed E-state index contributed by atoms with van der Waals surface area (Å²) in [5, 5.41) is 17.4. The Balaban J connectivity index is 2.24. The molecule has 0 aliphatic carbocycles. The molecule has 21 heavy (non-hydrogen) atoms. The molecule has 2 N–H and O–H groups in total. The average Bonchev–Trinajstić information content (AvgIpc) is 2.47. The van der Waals surface area contributed by atoms with E-state index in [9.17, 15) is 13.2 Å². The Labute approximate surface area is 121 Å². The van der Waals surface area contributed by atoms with Gasteiger partial charge in [0.25, 0.3) is 10.0 Å². The minimum absolute atomic E-state index is 0.0174. The van der Waals surface area contributed by atoms with Gasteiger partial charge in [0.15, 0.2) is 0 Å². The Morgan fingerprint density at radius 3 is 2.10 bits per heavy atom. The van der Waals surface area contributed by atoms with Gasteiger partial charge in [-0.3, -0.25) is 4.72 Å². The lowest BCUT2D eigenvalue weighted by molar-refractivity contribution is 0.0697. The van der Waals surface area contributed by atoms with Crippen molar-refractivity contribution in [2.45, 2.75) is 4.90 Å². The Hall–Kier alpha value is -2.85. The topological polar surface area (TPSA) is 107 Å². The molecular weight excluding hydrogens is 292 g/mol. The third-order valence-corrected chi connectivity index (χ3v) is 4.07. The Morgan fingerprint density at radius 1 is 1.05 bits per heavy atom. The highest BCUT2D eigenvalue weighted by Gasteiger charge is 2.14. The first-order valence-electron chi connectivity index (χ1n) is 5.79. The van der Waals surface area contributed by atoms with Crippen LogP contribution < -0.4 is 4.72 Å². The summed E-state index contributed by atoms with van der Waals surface area (Å²) in [5.74, 6) is -1.09. The van der Waals surface area contributed by atoms with E-state index >= 15 is 0 Å². The second-order valence-electron chi connectivity index (χ2n) is 4.12. The Bertz CT molecular complexity index is 804. The lowest BCUT2D eigenvalue weighted by Gasteiger charge is -2.08. The van der Waals surface area contributed by atoms with Crippen molar-refractivity contribution in [3.8, 4) is 6.07 Å². The van der Waals surface area contributed by atoms with Crippen molar-refractivity contribution in [1.29, 1.82) is 5.26 Å². The van der Waals surface area contributed by atoms with Crippen molar-refractivity contribution >= 4 is 21.7 Å². The van der Waals surface area contributed by atoms with Crippen molar-refractivity contribution in [2.75, 3.05) is 4.72 Å². The largest absolute Gasteiger partial charge is 0.478 e. The van der Waals surface area contributed by atoms with E-state index in [0.717, 1.165) is 0 Å². The lowest BCUT2D eigenvalue weighted by Crippen LogP contribution is -2.13. The van der Waals surface area contributed by atoms with Gasteiger partial charge in [-0.2, -0.15) is 5.26 Å². The molecule has 2 rings (SSSR count). The zero-order valence-corrected chi connectivity index (χ0v) is 11.5. The SMILES string of the molecule is N#Cc1ccc(S(=O)(=O)Nc2ccc(C(=O)O)cc2)cc1. The van der Waals surface area contributed by atoms with Crippen LogP contribution in [0, 0.1) is 11.3 Å². The summed E-state index contributed by atoms with van der Waals surface area (Å²) < 4.78 is 26.6. The van der Waals surface area contributed by atoms with E-state index in [0.29, 0.717) is 5.56 Å². The van der Waals surface area contributed by atoms with Gasteiger partial charge in [0.05, 0.1) is 22.1 Å². The van der Waals surface area contributed by atoms with Gasteiger partial charge in [-0.15, -0.1) is 0 Å². The monoisotopic (exact) mass is 302 g/mol. The second kappa shape index (κ2) is 5.64. The van der Waals surface area contributed by atoms with E-state index in [1.807, 2.05) is 6.07 Å². The van der Waals surface area contributed by atoms with Gasteiger partial charge in [-0.25, -0.2) is 13.2 Å². The van der Waals surface area contributed by atoms with Crippen molar-refractivity contribution in [2.24, 2.45) is 0 Å². The average molecular weight is 302 g/mol. The molecule has 0 bridgehead atoms. The smallest absolute Gasteiger partial charge is 0.335 e. The number of aromatic carboxylic acids is 1. The number of nitrogens with zero attached hydrogens (tertiary/aromatic N) is 1. The summed E-state index contributed by atoms with van der Waals surface area (Å²) in [5.41, 5.74) is 0.681. The van der Waals surface area contributed by atoms with Gasteiger partial charge in [0.2, 0.25) is 0 Å². The molecule has 0 heterocycles. The standard InChI is InChI=1S/C14H10N2O4S/c15-9-10-1-7-13(8-2-10)21(19,20)16-12-5-3-11(4-6-12)14(17)18/h1-8,16H,(H,17,18). The first kappa shape index (κ1) is 14.6. The highest BCUT2D eigenvalue weighted by atomic mass is 32.2. The van der Waals surface area contributed by atoms with Crippen LogP contribution in [0.15, 0.2) is 53.4 Å². The quantitative estimate of drug-likeness (QED) is 0.898. The lowest BCUT2D eigenvalue weighted by atomic mass is 10.2. The highest BCUT2D eigenvalue weighted by Crippen LogP contribution is 2.17. The van der Waals surface area contributed by atoms with Gasteiger partial charge < -0.3 is 5.11 Å². The van der Waals surface area contributed by atoms with E-state index in [1.165, 1.54) is 48.5 Å². The third-order valence-electron chi connectivity index (χ3n) is 2.68. The molecule has 0 saturated carbocycles. The Kier molecular flexibility index (Phi) is 3.91. The maximum Gasteiger partial charge on any atom is 0.335 e. The van der Waals surface area contributed by atoms with Gasteiger partial charge in [0, 0.05) is 5.69 Å². The predicted octanol–water partition coefficient (Wildman–Crippen LogP) is 2.06. The number of hydrogen-bond acceptors (Lipinski definition) is 4. The normalized spacial score (nSPS) is 10.6. The van der Waals surface area contributed by atoms with E-state index < -0.39 is 16.0 Å². The van der Waals surface area contributed by atoms with Gasteiger partial charge >= 0.3 is 5.97 Å². The molecule has 7 heteroatoms. The van der Waals surface area contributed by atoms with Gasteiger partial charge in [-0.1, -0.05) is 0 Å². The molecule has 6 nitrogen and oxygen atoms in total. The molecule has 0 saturated heterocycles. The molecule has 2 aromatic carbocycles. The number of sulfonamides is 1. The van der Waals surface area contributed by atoms with Gasteiger partial charge in [-0.05, 0) is 48.5 Å². The molecule has 0 atom stereocenters. The summed E-state index contributed by atoms with van der Waals surface area (Å²) in [7, 11) is -3.78. The van der Waals surface area contributed by atoms with Crippen LogP contribution in [0.2, 0.25) is 0 Å². The molecule has 0 amide bonds. The molecule has 0 aliphatic heterocycles. The molecule has 0 aromatic heterocycles. The zero-order chi connectivity index (χ0) is 15.5. The first-order valence-corrected chi connectivity index (χ1v) is 7.27. The van der Waals surface area contributed by atoms with Crippen LogP contribution in [0.1, 0.15) is 15.9 Å². The van der Waals surface area contributed by atoms with Crippen molar-refractivity contribution in [3.63, 3.8) is 0 Å². The Morgan fingerprint density at radius 2 is 1.62 bits per heavy atom. The molecule has 0 spiro atoms. The van der Waals surface area contributed by atoms with Crippen LogP contribution in [-0.2, 0) is 10.0 Å². The van der Waals surface area contributed by atoms with Crippen LogP contribution in [0.5, 0.6) is 0 Å². The number of nitriles is 1. The molecule has 0 radical (unpaired) electrons. The van der Waals surface area contributed by atoms with Crippen LogP contribution in [0.3, 0.4) is 0 Å². The van der Waals surface area contributed by atoms with Crippen molar-refractivity contribution in [1.82, 2.24) is 0 Å². The van der Waals surface area contributed by atoms with E-state index in [4.69, 9.17) is 10.4 Å². The summed E-state index contributed by atoms with van der Waals surface area (Å²) >= 11 is 0. The maximum atomic E-state index is 12.1. The van der Waals surface area contributed by atoms with Crippen LogP contribution in [0.25, 0.3) is 0 Å². The number of nitrogens with one attached hydrogen (secondary N) is 1. The number of carboxylic acid groups (broad SMARTS) is 1. The number of carbonyl (C=O) groups is 1. The van der Waals surface area contributed by atoms with E-state index in [-0.39, 0.29) is 16.1 Å². The van der Waals surface area contributed by atoms with Crippen LogP contribution in [0.4, 0.5) is 5.69 Å². The summed E-state index contributed by atoms with van der Waals surface area (Å²) in [6.07, 6.45) is 0. The van der Waals surface area contributed by atoms with Crippen molar-refractivity contribution < 1.29 is 18.3 Å². The minimum Gasteiger partial charge on any atom is -0.478 e. The summed E-state index contributed by atoms with van der Waals surface area (Å²) in [6.45, 7) is 0. The number of rotatable bonds is 4. The van der Waals surface area contributed by atoms with Gasteiger partial charge in [0.1, 0.15) is 0 Å². The fourth-order valence-electron chi connectivity index (χ4n) is 1.60. The fraction of sp³-hybridized carbons (Fsp3) is 0. The highest BCUT2D eigenvalue weighted by molar-refractivity contribution is 7.92. The third kappa shape index (κ3) is 3.38. The second-order valence-corrected chi connectivity index (χ2v) is 5.81. The summed E-state index contributed by atoms with van der Waals surface area (Å²) in [4.78, 5) is 10.7. The number of hydrogen-bond donors (Lipinski definition) is 2. The number of carboxylic acids is 1. The maximum absolute atomic E-state index is 12.1. The minimum atomic E-state index is -3.78. The zero-order valence-electron chi connectivity index (χ0n) is 10.6.